The maximum absolute atomic E-state index is 14.4. The van der Waals surface area contributed by atoms with Gasteiger partial charge in [-0.15, -0.1) is 0 Å². The number of nitrogens with zero attached hydrogens (tertiary/aromatic N) is 3. The molecule has 0 radical (unpaired) electrons. The topological polar surface area (TPSA) is 103 Å². The number of carbonyl (C=O) groups excluding carboxylic acids is 1. The summed E-state index contributed by atoms with van der Waals surface area (Å²) in [6, 6.07) is 9.27. The van der Waals surface area contributed by atoms with E-state index in [0.29, 0.717) is 0 Å². The average molecular weight is 502 g/mol. The van der Waals surface area contributed by atoms with Gasteiger partial charge >= 0.3 is 5.92 Å². The molecule has 8 nitrogen and oxygen atoms in total. The van der Waals surface area contributed by atoms with E-state index in [1.165, 1.54) is 30.3 Å². The summed E-state index contributed by atoms with van der Waals surface area (Å²) < 4.78 is 43.3. The summed E-state index contributed by atoms with van der Waals surface area (Å²) in [6.07, 6.45) is 0.910. The minimum absolute atomic E-state index is 0.00213. The quantitative estimate of drug-likeness (QED) is 0.365. The summed E-state index contributed by atoms with van der Waals surface area (Å²) in [4.78, 5) is 28.6. The van der Waals surface area contributed by atoms with Gasteiger partial charge in [0.15, 0.2) is 17.2 Å². The molecule has 0 aliphatic heterocycles. The Morgan fingerprint density at radius 3 is 2.58 bits per heavy atom. The van der Waals surface area contributed by atoms with E-state index in [-0.39, 0.29) is 22.0 Å². The van der Waals surface area contributed by atoms with Crippen molar-refractivity contribution in [2.75, 3.05) is 11.9 Å². The van der Waals surface area contributed by atoms with Crippen LogP contribution in [0.1, 0.15) is 11.3 Å². The Labute approximate surface area is 195 Å². The van der Waals surface area contributed by atoms with Gasteiger partial charge in [0, 0.05) is 24.2 Å². The number of hydrogen-bond acceptors (Lipinski definition) is 5. The molecule has 3 rings (SSSR count). The lowest BCUT2D eigenvalue weighted by molar-refractivity contribution is -0.624. The van der Waals surface area contributed by atoms with E-state index in [1.54, 1.807) is 6.07 Å². The van der Waals surface area contributed by atoms with E-state index in [1.807, 2.05) is 0 Å². The second-order valence-electron chi connectivity index (χ2n) is 6.77. The summed E-state index contributed by atoms with van der Waals surface area (Å²) in [6.45, 7) is -1.93. The Kier molecular flexibility index (Phi) is 7.44. The van der Waals surface area contributed by atoms with Gasteiger partial charge in [0.25, 0.3) is 11.3 Å². The zero-order valence-electron chi connectivity index (χ0n) is 16.7. The van der Waals surface area contributed by atoms with Gasteiger partial charge in [-0.2, -0.15) is 13.5 Å². The molecule has 0 atom stereocenters. The van der Waals surface area contributed by atoms with Crippen molar-refractivity contribution < 1.29 is 22.7 Å². The molecule has 0 bridgehead atoms. The number of carbonyl (C=O) groups is 1. The van der Waals surface area contributed by atoms with Crippen LogP contribution in [0.5, 0.6) is 0 Å². The summed E-state index contributed by atoms with van der Waals surface area (Å²) in [5, 5.41) is 15.4. The van der Waals surface area contributed by atoms with Crippen molar-refractivity contribution in [3.8, 4) is 0 Å². The number of hydrogen-bond donors (Lipinski definition) is 2. The van der Waals surface area contributed by atoms with Crippen molar-refractivity contribution in [2.24, 2.45) is 0 Å². The standard InChI is InChI=1S/C20H16Cl2F3N5O3/c21-16-17(22)29(10-15(31)26-9-12-5-1-2-6-13(12)23)19(32)18(28-16)27-11-20(24,25)14-7-3-4-8-30(14)33/h1-8H,9-11H2,(H,26,31)(H,27,28). The minimum Gasteiger partial charge on any atom is -0.618 e. The van der Waals surface area contributed by atoms with Crippen LogP contribution in [0.15, 0.2) is 53.5 Å². The summed E-state index contributed by atoms with van der Waals surface area (Å²) in [5.74, 6) is -5.49. The van der Waals surface area contributed by atoms with E-state index in [9.17, 15) is 28.0 Å². The van der Waals surface area contributed by atoms with Gasteiger partial charge in [-0.1, -0.05) is 41.4 Å². The lowest BCUT2D eigenvalue weighted by Crippen LogP contribution is -2.41. The van der Waals surface area contributed by atoms with Gasteiger partial charge in [0.2, 0.25) is 5.91 Å². The largest absolute Gasteiger partial charge is 0.618 e. The van der Waals surface area contributed by atoms with Crippen LogP contribution in [0.25, 0.3) is 0 Å². The van der Waals surface area contributed by atoms with Crippen molar-refractivity contribution in [3.63, 3.8) is 0 Å². The number of amides is 1. The molecule has 2 aromatic heterocycles. The van der Waals surface area contributed by atoms with Crippen LogP contribution >= 0.6 is 23.2 Å². The summed E-state index contributed by atoms with van der Waals surface area (Å²) >= 11 is 11.9. The minimum atomic E-state index is -3.66. The Morgan fingerprint density at radius 2 is 1.88 bits per heavy atom. The molecule has 0 saturated heterocycles. The molecule has 0 fully saturated rings. The normalized spacial score (nSPS) is 11.3. The van der Waals surface area contributed by atoms with Crippen molar-refractivity contribution in [1.29, 1.82) is 0 Å². The number of aromatic nitrogens is 3. The highest BCUT2D eigenvalue weighted by Gasteiger charge is 2.39. The average Bonchev–Trinajstić information content (AvgIpc) is 2.78. The van der Waals surface area contributed by atoms with Crippen LogP contribution < -0.4 is 20.9 Å². The van der Waals surface area contributed by atoms with Crippen LogP contribution in [-0.4, -0.2) is 22.0 Å². The molecular formula is C20H16Cl2F3N5O3. The molecule has 0 unspecified atom stereocenters. The number of pyridine rings is 1. The van der Waals surface area contributed by atoms with Crippen molar-refractivity contribution in [2.45, 2.75) is 19.0 Å². The molecule has 1 aromatic carbocycles. The Bertz CT molecular complexity index is 1240. The highest BCUT2D eigenvalue weighted by atomic mass is 35.5. The number of nitrogens with one attached hydrogen (secondary N) is 2. The lowest BCUT2D eigenvalue weighted by Gasteiger charge is -2.17. The Hall–Kier alpha value is -3.31. The van der Waals surface area contributed by atoms with Crippen molar-refractivity contribution >= 4 is 34.9 Å². The zero-order chi connectivity index (χ0) is 24.2. The van der Waals surface area contributed by atoms with Crippen LogP contribution in [0.3, 0.4) is 0 Å². The first-order chi connectivity index (χ1) is 15.6. The molecule has 174 valence electrons. The van der Waals surface area contributed by atoms with E-state index in [4.69, 9.17) is 23.2 Å². The number of halogens is 5. The number of rotatable bonds is 8. The highest BCUT2D eigenvalue weighted by molar-refractivity contribution is 6.40. The zero-order valence-corrected chi connectivity index (χ0v) is 18.2. The molecule has 1 amide bonds. The van der Waals surface area contributed by atoms with E-state index >= 15 is 0 Å². The first-order valence-corrected chi connectivity index (χ1v) is 10.1. The molecule has 3 aromatic rings. The van der Waals surface area contributed by atoms with Gasteiger partial charge in [0.05, 0.1) is 6.54 Å². The fraction of sp³-hybridized carbons (Fsp3) is 0.200. The molecule has 33 heavy (non-hydrogen) atoms. The third-order valence-electron chi connectivity index (χ3n) is 4.48. The number of alkyl halides is 2. The molecule has 0 aliphatic rings. The Balaban J connectivity index is 1.76. The second kappa shape index (κ2) is 10.1. The first-order valence-electron chi connectivity index (χ1n) is 9.36. The van der Waals surface area contributed by atoms with Gasteiger partial charge in [-0.3, -0.25) is 14.2 Å². The predicted molar refractivity (Wildman–Crippen MR) is 115 cm³/mol. The number of benzene rings is 1. The molecule has 2 heterocycles. The van der Waals surface area contributed by atoms with Crippen molar-refractivity contribution in [1.82, 2.24) is 14.9 Å². The van der Waals surface area contributed by atoms with Gasteiger partial charge in [-0.05, 0) is 12.1 Å². The Morgan fingerprint density at radius 1 is 1.18 bits per heavy atom. The predicted octanol–water partition coefficient (Wildman–Crippen LogP) is 2.84. The maximum atomic E-state index is 14.4. The first kappa shape index (κ1) is 24.3. The molecular weight excluding hydrogens is 486 g/mol. The summed E-state index contributed by atoms with van der Waals surface area (Å²) in [7, 11) is 0. The molecule has 0 saturated carbocycles. The third-order valence-corrected chi connectivity index (χ3v) is 5.22. The van der Waals surface area contributed by atoms with Crippen LogP contribution in [0.4, 0.5) is 19.0 Å². The smallest absolute Gasteiger partial charge is 0.347 e. The fourth-order valence-electron chi connectivity index (χ4n) is 2.81. The van der Waals surface area contributed by atoms with Gasteiger partial charge < -0.3 is 15.8 Å². The van der Waals surface area contributed by atoms with Crippen LogP contribution in [0.2, 0.25) is 10.3 Å². The van der Waals surface area contributed by atoms with Gasteiger partial charge in [-0.25, -0.2) is 9.37 Å². The highest BCUT2D eigenvalue weighted by Crippen LogP contribution is 2.26. The summed E-state index contributed by atoms with van der Waals surface area (Å²) in [5.41, 5.74) is -1.62. The van der Waals surface area contributed by atoms with Crippen LogP contribution in [-0.2, 0) is 23.8 Å². The van der Waals surface area contributed by atoms with Gasteiger partial charge in [0.1, 0.15) is 17.5 Å². The number of anilines is 1. The van der Waals surface area contributed by atoms with Crippen LogP contribution in [0, 0.1) is 11.0 Å². The maximum Gasteiger partial charge on any atom is 0.347 e. The van der Waals surface area contributed by atoms with Crippen molar-refractivity contribution in [3.05, 3.63) is 91.6 Å². The molecule has 0 spiro atoms. The third kappa shape index (κ3) is 5.74. The SMILES string of the molecule is O=C(Cn1c(Cl)c(Cl)nc(NCC(F)(F)c2cccc[n+]2[O-])c1=O)NCc1ccccc1F. The molecule has 13 heteroatoms. The van der Waals surface area contributed by atoms with E-state index in [2.05, 4.69) is 15.6 Å². The monoisotopic (exact) mass is 501 g/mol. The fourth-order valence-corrected chi connectivity index (χ4v) is 3.17. The second-order valence-corrected chi connectivity index (χ2v) is 7.49. The van der Waals surface area contributed by atoms with E-state index in [0.717, 1.165) is 16.8 Å². The lowest BCUT2D eigenvalue weighted by atomic mass is 10.2. The molecule has 0 aliphatic carbocycles. The van der Waals surface area contributed by atoms with E-state index < -0.39 is 53.0 Å². The molecule has 2 N–H and O–H groups in total.